The van der Waals surface area contributed by atoms with Crippen LogP contribution in [0.3, 0.4) is 0 Å². The first-order valence-electron chi connectivity index (χ1n) is 10.3. The third-order valence-corrected chi connectivity index (χ3v) is 6.60. The van der Waals surface area contributed by atoms with E-state index in [1.165, 1.54) is 12.6 Å². The normalized spacial score (nSPS) is 15.9. The van der Waals surface area contributed by atoms with Crippen molar-refractivity contribution >= 4 is 16.0 Å². The Labute approximate surface area is 179 Å². The van der Waals surface area contributed by atoms with Crippen molar-refractivity contribution in [1.29, 1.82) is 0 Å². The summed E-state index contributed by atoms with van der Waals surface area (Å²) in [6.45, 7) is 8.21. The molecule has 162 valence electrons. The van der Waals surface area contributed by atoms with E-state index in [2.05, 4.69) is 51.0 Å². The predicted molar refractivity (Wildman–Crippen MR) is 121 cm³/mol. The fourth-order valence-corrected chi connectivity index (χ4v) is 4.17. The molecular weight excluding hydrogens is 398 g/mol. The van der Waals surface area contributed by atoms with Crippen LogP contribution in [0.1, 0.15) is 18.1 Å². The average Bonchev–Trinajstić information content (AvgIpc) is 2.78. The maximum absolute atomic E-state index is 11.9. The van der Waals surface area contributed by atoms with E-state index in [-0.39, 0.29) is 4.90 Å². The minimum absolute atomic E-state index is 0.263. The van der Waals surface area contributed by atoms with Gasteiger partial charge in [0.05, 0.1) is 11.4 Å². The van der Waals surface area contributed by atoms with Gasteiger partial charge in [-0.25, -0.2) is 18.1 Å². The minimum Gasteiger partial charge on any atom is -0.357 e. The number of hydrogen-bond acceptors (Lipinski definition) is 4. The van der Waals surface area contributed by atoms with Crippen molar-refractivity contribution in [3.05, 3.63) is 65.7 Å². The number of guanidine groups is 1. The van der Waals surface area contributed by atoms with Crippen LogP contribution in [0.4, 0.5) is 0 Å². The number of sulfonamides is 1. The lowest BCUT2D eigenvalue weighted by Crippen LogP contribution is -2.52. The molecule has 2 aromatic carbocycles. The van der Waals surface area contributed by atoms with E-state index in [1.807, 2.05) is 18.2 Å². The first kappa shape index (κ1) is 22.3. The molecule has 1 fully saturated rings. The van der Waals surface area contributed by atoms with Gasteiger partial charge in [0.2, 0.25) is 10.0 Å². The standard InChI is InChI=1S/C22H31N5O2S/c1-3-24-22(25-17-19-9-11-21(12-10-19)30(28,29)23-2)27-15-13-26(14-16-27)18-20-7-5-4-6-8-20/h4-12,23H,3,13-18H2,1-2H3,(H,24,25). The van der Waals surface area contributed by atoms with E-state index < -0.39 is 10.0 Å². The van der Waals surface area contributed by atoms with Gasteiger partial charge in [-0.15, -0.1) is 0 Å². The first-order chi connectivity index (χ1) is 14.5. The lowest BCUT2D eigenvalue weighted by molar-refractivity contribution is 0.172. The molecule has 2 N–H and O–H groups in total. The molecule has 0 atom stereocenters. The van der Waals surface area contributed by atoms with Crippen molar-refractivity contribution in [1.82, 2.24) is 19.8 Å². The molecule has 0 spiro atoms. The summed E-state index contributed by atoms with van der Waals surface area (Å²) in [6.07, 6.45) is 0. The van der Waals surface area contributed by atoms with Crippen LogP contribution < -0.4 is 10.0 Å². The molecule has 8 heteroatoms. The topological polar surface area (TPSA) is 77.0 Å². The molecule has 3 rings (SSSR count). The summed E-state index contributed by atoms with van der Waals surface area (Å²) < 4.78 is 26.0. The van der Waals surface area contributed by atoms with Crippen LogP contribution in [0, 0.1) is 0 Å². The van der Waals surface area contributed by atoms with Gasteiger partial charge >= 0.3 is 0 Å². The third kappa shape index (κ3) is 6.04. The van der Waals surface area contributed by atoms with E-state index in [0.29, 0.717) is 6.54 Å². The minimum atomic E-state index is -3.41. The van der Waals surface area contributed by atoms with Gasteiger partial charge in [0.25, 0.3) is 0 Å². The monoisotopic (exact) mass is 429 g/mol. The molecule has 0 aliphatic carbocycles. The Balaban J connectivity index is 1.58. The van der Waals surface area contributed by atoms with Crippen molar-refractivity contribution in [2.24, 2.45) is 4.99 Å². The van der Waals surface area contributed by atoms with E-state index in [1.54, 1.807) is 12.1 Å². The van der Waals surface area contributed by atoms with Crippen LogP contribution in [0.25, 0.3) is 0 Å². The van der Waals surface area contributed by atoms with Gasteiger partial charge in [0, 0.05) is 39.3 Å². The van der Waals surface area contributed by atoms with Gasteiger partial charge in [-0.05, 0) is 37.2 Å². The van der Waals surface area contributed by atoms with Crippen molar-refractivity contribution in [3.63, 3.8) is 0 Å². The summed E-state index contributed by atoms with van der Waals surface area (Å²) in [5.41, 5.74) is 2.32. The molecule has 2 aromatic rings. The second kappa shape index (κ2) is 10.6. The summed E-state index contributed by atoms with van der Waals surface area (Å²) in [5.74, 6) is 0.906. The average molecular weight is 430 g/mol. The zero-order valence-corrected chi connectivity index (χ0v) is 18.5. The number of benzene rings is 2. The highest BCUT2D eigenvalue weighted by Gasteiger charge is 2.19. The Hall–Kier alpha value is -2.42. The Kier molecular flexibility index (Phi) is 7.84. The molecule has 1 aliphatic rings. The molecule has 0 saturated carbocycles. The lowest BCUT2D eigenvalue weighted by Gasteiger charge is -2.36. The smallest absolute Gasteiger partial charge is 0.240 e. The van der Waals surface area contributed by atoms with Crippen LogP contribution in [-0.2, 0) is 23.1 Å². The second-order valence-corrected chi connectivity index (χ2v) is 9.16. The Morgan fingerprint density at radius 3 is 2.23 bits per heavy atom. The van der Waals surface area contributed by atoms with Crippen LogP contribution >= 0.6 is 0 Å². The SMILES string of the molecule is CCNC(=NCc1ccc(S(=O)(=O)NC)cc1)N1CCN(Cc2ccccc2)CC1. The molecule has 1 heterocycles. The van der Waals surface area contributed by atoms with E-state index >= 15 is 0 Å². The molecule has 1 aliphatic heterocycles. The quantitative estimate of drug-likeness (QED) is 0.519. The highest BCUT2D eigenvalue weighted by atomic mass is 32.2. The van der Waals surface area contributed by atoms with Crippen molar-refractivity contribution in [2.45, 2.75) is 24.9 Å². The molecule has 0 bridgehead atoms. The largest absolute Gasteiger partial charge is 0.357 e. The van der Waals surface area contributed by atoms with Crippen LogP contribution in [-0.4, -0.2) is 63.9 Å². The molecule has 0 amide bonds. The number of rotatable bonds is 7. The number of hydrogen-bond donors (Lipinski definition) is 2. The maximum Gasteiger partial charge on any atom is 0.240 e. The predicted octanol–water partition coefficient (Wildman–Crippen LogP) is 1.88. The summed E-state index contributed by atoms with van der Waals surface area (Å²) in [5, 5.41) is 3.38. The fourth-order valence-electron chi connectivity index (χ4n) is 3.44. The first-order valence-corrected chi connectivity index (χ1v) is 11.8. The number of nitrogens with one attached hydrogen (secondary N) is 2. The molecule has 0 radical (unpaired) electrons. The highest BCUT2D eigenvalue weighted by molar-refractivity contribution is 7.89. The number of aliphatic imine (C=N–C) groups is 1. The summed E-state index contributed by atoms with van der Waals surface area (Å²) in [6, 6.07) is 17.4. The number of nitrogens with zero attached hydrogens (tertiary/aromatic N) is 3. The van der Waals surface area contributed by atoms with Crippen molar-refractivity contribution in [2.75, 3.05) is 39.8 Å². The summed E-state index contributed by atoms with van der Waals surface area (Å²) >= 11 is 0. The molecular formula is C22H31N5O2S. The molecule has 0 unspecified atom stereocenters. The summed E-state index contributed by atoms with van der Waals surface area (Å²) in [7, 11) is -2.00. The molecule has 30 heavy (non-hydrogen) atoms. The molecule has 7 nitrogen and oxygen atoms in total. The van der Waals surface area contributed by atoms with Gasteiger partial charge in [-0.1, -0.05) is 42.5 Å². The Morgan fingerprint density at radius 2 is 1.63 bits per heavy atom. The van der Waals surface area contributed by atoms with Crippen molar-refractivity contribution < 1.29 is 8.42 Å². The lowest BCUT2D eigenvalue weighted by atomic mass is 10.2. The Morgan fingerprint density at radius 1 is 0.967 bits per heavy atom. The van der Waals surface area contributed by atoms with Crippen LogP contribution in [0.15, 0.2) is 64.5 Å². The van der Waals surface area contributed by atoms with E-state index in [9.17, 15) is 8.42 Å². The maximum atomic E-state index is 11.9. The highest BCUT2D eigenvalue weighted by Crippen LogP contribution is 2.12. The van der Waals surface area contributed by atoms with Crippen LogP contribution in [0.2, 0.25) is 0 Å². The second-order valence-electron chi connectivity index (χ2n) is 7.27. The van der Waals surface area contributed by atoms with Gasteiger partial charge < -0.3 is 10.2 Å². The van der Waals surface area contributed by atoms with Gasteiger partial charge in [-0.3, -0.25) is 4.90 Å². The molecule has 1 saturated heterocycles. The fraction of sp³-hybridized carbons (Fsp3) is 0.409. The van der Waals surface area contributed by atoms with E-state index in [0.717, 1.165) is 50.8 Å². The van der Waals surface area contributed by atoms with Gasteiger partial charge in [-0.2, -0.15) is 0 Å². The van der Waals surface area contributed by atoms with Crippen LogP contribution in [0.5, 0.6) is 0 Å². The van der Waals surface area contributed by atoms with Gasteiger partial charge in [0.15, 0.2) is 5.96 Å². The molecule has 0 aromatic heterocycles. The third-order valence-electron chi connectivity index (χ3n) is 5.17. The zero-order valence-electron chi connectivity index (χ0n) is 17.7. The van der Waals surface area contributed by atoms with Crippen molar-refractivity contribution in [3.8, 4) is 0 Å². The Bertz CT molecular complexity index is 922. The summed E-state index contributed by atoms with van der Waals surface area (Å²) in [4.78, 5) is 9.80. The zero-order chi connectivity index (χ0) is 21.4. The van der Waals surface area contributed by atoms with E-state index in [4.69, 9.17) is 4.99 Å². The van der Waals surface area contributed by atoms with Gasteiger partial charge in [0.1, 0.15) is 0 Å². The number of piperazine rings is 1.